The van der Waals surface area contributed by atoms with E-state index in [1.165, 1.54) is 28.7 Å². The number of nitrogens with zero attached hydrogens (tertiary/aromatic N) is 3. The molecular formula is C16H14BrN5OS. The second kappa shape index (κ2) is 7.50. The van der Waals surface area contributed by atoms with Crippen molar-refractivity contribution in [2.75, 3.05) is 10.6 Å². The zero-order valence-electron chi connectivity index (χ0n) is 12.8. The molecule has 2 heterocycles. The van der Waals surface area contributed by atoms with Crippen molar-refractivity contribution in [1.82, 2.24) is 15.2 Å². The molecule has 122 valence electrons. The number of rotatable bonds is 5. The maximum absolute atomic E-state index is 12.0. The molecule has 1 aromatic carbocycles. The van der Waals surface area contributed by atoms with E-state index in [0.717, 1.165) is 4.47 Å². The molecule has 2 aromatic heterocycles. The zero-order chi connectivity index (χ0) is 16.9. The molecule has 24 heavy (non-hydrogen) atoms. The van der Waals surface area contributed by atoms with Crippen LogP contribution in [0.4, 0.5) is 10.9 Å². The Labute approximate surface area is 151 Å². The Morgan fingerprint density at radius 1 is 1.29 bits per heavy atom. The SMILES string of the molecule is Cc1ccc(Br)cc1CNc1ccc(C(=O)Nc2nncs2)cn1. The predicted octanol–water partition coefficient (Wildman–Crippen LogP) is 3.87. The van der Waals surface area contributed by atoms with Crippen LogP contribution in [0.3, 0.4) is 0 Å². The van der Waals surface area contributed by atoms with Crippen molar-refractivity contribution < 1.29 is 4.79 Å². The molecule has 0 fully saturated rings. The van der Waals surface area contributed by atoms with E-state index in [0.29, 0.717) is 23.1 Å². The Morgan fingerprint density at radius 2 is 2.17 bits per heavy atom. The molecule has 0 atom stereocenters. The van der Waals surface area contributed by atoms with Crippen LogP contribution in [0.5, 0.6) is 0 Å². The van der Waals surface area contributed by atoms with Gasteiger partial charge < -0.3 is 5.32 Å². The van der Waals surface area contributed by atoms with Gasteiger partial charge in [0, 0.05) is 17.2 Å². The van der Waals surface area contributed by atoms with Crippen LogP contribution in [-0.2, 0) is 6.54 Å². The van der Waals surface area contributed by atoms with Crippen molar-refractivity contribution in [2.24, 2.45) is 0 Å². The maximum atomic E-state index is 12.0. The van der Waals surface area contributed by atoms with Crippen LogP contribution >= 0.6 is 27.3 Å². The monoisotopic (exact) mass is 403 g/mol. The lowest BCUT2D eigenvalue weighted by atomic mass is 10.1. The van der Waals surface area contributed by atoms with Crippen LogP contribution in [0, 0.1) is 6.92 Å². The van der Waals surface area contributed by atoms with Gasteiger partial charge in [0.25, 0.3) is 5.91 Å². The van der Waals surface area contributed by atoms with Crippen molar-refractivity contribution in [3.63, 3.8) is 0 Å². The minimum atomic E-state index is -0.256. The van der Waals surface area contributed by atoms with Gasteiger partial charge in [-0.15, -0.1) is 10.2 Å². The Kier molecular flexibility index (Phi) is 5.17. The van der Waals surface area contributed by atoms with Gasteiger partial charge in [-0.05, 0) is 42.3 Å². The Bertz CT molecular complexity index is 836. The molecule has 6 nitrogen and oxygen atoms in total. The molecule has 0 aliphatic rings. The highest BCUT2D eigenvalue weighted by molar-refractivity contribution is 9.10. The number of pyridine rings is 1. The van der Waals surface area contributed by atoms with Crippen LogP contribution in [0.15, 0.2) is 46.5 Å². The summed E-state index contributed by atoms with van der Waals surface area (Å²) in [6, 6.07) is 9.66. The van der Waals surface area contributed by atoms with Crippen LogP contribution in [-0.4, -0.2) is 21.1 Å². The largest absolute Gasteiger partial charge is 0.366 e. The number of aromatic nitrogens is 3. The molecule has 0 unspecified atom stereocenters. The second-order valence-corrected chi connectivity index (χ2v) is 6.80. The molecule has 0 bridgehead atoms. The molecule has 1 amide bonds. The molecule has 3 rings (SSSR count). The summed E-state index contributed by atoms with van der Waals surface area (Å²) < 4.78 is 1.04. The quantitative estimate of drug-likeness (QED) is 0.675. The van der Waals surface area contributed by atoms with Crippen molar-refractivity contribution in [3.8, 4) is 0 Å². The van der Waals surface area contributed by atoms with Crippen LogP contribution < -0.4 is 10.6 Å². The molecule has 0 spiro atoms. The van der Waals surface area contributed by atoms with Crippen LogP contribution in [0.25, 0.3) is 0 Å². The van der Waals surface area contributed by atoms with Gasteiger partial charge in [0.05, 0.1) is 5.56 Å². The highest BCUT2D eigenvalue weighted by atomic mass is 79.9. The fourth-order valence-electron chi connectivity index (χ4n) is 2.05. The van der Waals surface area contributed by atoms with E-state index >= 15 is 0 Å². The first kappa shape index (κ1) is 16.5. The second-order valence-electron chi connectivity index (χ2n) is 5.05. The van der Waals surface area contributed by atoms with Gasteiger partial charge in [0.1, 0.15) is 11.3 Å². The average Bonchev–Trinajstić information content (AvgIpc) is 3.09. The average molecular weight is 404 g/mol. The molecule has 0 aliphatic heterocycles. The molecule has 2 N–H and O–H groups in total. The van der Waals surface area contributed by atoms with Crippen LogP contribution in [0.2, 0.25) is 0 Å². The minimum Gasteiger partial charge on any atom is -0.366 e. The third-order valence-electron chi connectivity index (χ3n) is 3.38. The molecule has 3 aromatic rings. The Balaban J connectivity index is 1.62. The van der Waals surface area contributed by atoms with Crippen LogP contribution in [0.1, 0.15) is 21.5 Å². The number of benzene rings is 1. The van der Waals surface area contributed by atoms with E-state index in [2.05, 4.69) is 60.8 Å². The van der Waals surface area contributed by atoms with E-state index in [-0.39, 0.29) is 5.91 Å². The van der Waals surface area contributed by atoms with Gasteiger partial charge in [0.2, 0.25) is 5.13 Å². The van der Waals surface area contributed by atoms with Gasteiger partial charge in [-0.25, -0.2) is 4.98 Å². The first-order valence-electron chi connectivity index (χ1n) is 7.14. The molecule has 0 saturated heterocycles. The number of hydrogen-bond donors (Lipinski definition) is 2. The number of carbonyl (C=O) groups excluding carboxylic acids is 1. The molecule has 0 saturated carbocycles. The topological polar surface area (TPSA) is 79.8 Å². The summed E-state index contributed by atoms with van der Waals surface area (Å²) in [5.74, 6) is 0.454. The zero-order valence-corrected chi connectivity index (χ0v) is 15.2. The van der Waals surface area contributed by atoms with Gasteiger partial charge in [-0.3, -0.25) is 10.1 Å². The lowest BCUT2D eigenvalue weighted by Gasteiger charge is -2.09. The smallest absolute Gasteiger partial charge is 0.259 e. The predicted molar refractivity (Wildman–Crippen MR) is 98.3 cm³/mol. The highest BCUT2D eigenvalue weighted by Gasteiger charge is 2.08. The molecule has 8 heteroatoms. The number of nitrogens with one attached hydrogen (secondary N) is 2. The Morgan fingerprint density at radius 3 is 2.88 bits per heavy atom. The third kappa shape index (κ3) is 4.15. The standard InChI is InChI=1S/C16H14BrN5OS/c1-10-2-4-13(17)6-12(10)8-19-14-5-3-11(7-18-14)15(23)21-16-22-20-9-24-16/h2-7,9H,8H2,1H3,(H,18,19)(H,21,22,23). The summed E-state index contributed by atoms with van der Waals surface area (Å²) in [5, 5.41) is 13.8. The lowest BCUT2D eigenvalue weighted by molar-refractivity contribution is 0.102. The molecule has 0 radical (unpaired) electrons. The van der Waals surface area contributed by atoms with E-state index in [9.17, 15) is 4.79 Å². The van der Waals surface area contributed by atoms with Gasteiger partial charge in [0.15, 0.2) is 0 Å². The summed E-state index contributed by atoms with van der Waals surface area (Å²) in [6.07, 6.45) is 1.53. The highest BCUT2D eigenvalue weighted by Crippen LogP contribution is 2.17. The number of anilines is 2. The first-order chi connectivity index (χ1) is 11.6. The van der Waals surface area contributed by atoms with Crippen molar-refractivity contribution >= 4 is 44.1 Å². The Hall–Kier alpha value is -2.32. The number of hydrogen-bond acceptors (Lipinski definition) is 6. The summed E-state index contributed by atoms with van der Waals surface area (Å²) in [6.45, 7) is 2.73. The van der Waals surface area contributed by atoms with Crippen molar-refractivity contribution in [1.29, 1.82) is 0 Å². The van der Waals surface area contributed by atoms with Crippen molar-refractivity contribution in [2.45, 2.75) is 13.5 Å². The lowest BCUT2D eigenvalue weighted by Crippen LogP contribution is -2.12. The van der Waals surface area contributed by atoms with E-state index < -0.39 is 0 Å². The summed E-state index contributed by atoms with van der Waals surface area (Å²) >= 11 is 4.74. The van der Waals surface area contributed by atoms with Gasteiger partial charge >= 0.3 is 0 Å². The number of amides is 1. The van der Waals surface area contributed by atoms with E-state index in [4.69, 9.17) is 0 Å². The van der Waals surface area contributed by atoms with E-state index in [1.807, 2.05) is 6.07 Å². The number of halogens is 1. The fraction of sp³-hybridized carbons (Fsp3) is 0.125. The van der Waals surface area contributed by atoms with Gasteiger partial charge in [-0.2, -0.15) is 0 Å². The third-order valence-corrected chi connectivity index (χ3v) is 4.48. The minimum absolute atomic E-state index is 0.256. The summed E-state index contributed by atoms with van der Waals surface area (Å²) in [7, 11) is 0. The van der Waals surface area contributed by atoms with Crippen molar-refractivity contribution in [3.05, 3.63) is 63.2 Å². The normalized spacial score (nSPS) is 10.4. The first-order valence-corrected chi connectivity index (χ1v) is 8.81. The van der Waals surface area contributed by atoms with E-state index in [1.54, 1.807) is 17.6 Å². The summed E-state index contributed by atoms with van der Waals surface area (Å²) in [5.41, 5.74) is 4.42. The van der Waals surface area contributed by atoms with Gasteiger partial charge in [-0.1, -0.05) is 33.3 Å². The number of carbonyl (C=O) groups is 1. The number of aryl methyl sites for hydroxylation is 1. The molecule has 0 aliphatic carbocycles. The fourth-order valence-corrected chi connectivity index (χ4v) is 2.89. The molecular weight excluding hydrogens is 390 g/mol. The maximum Gasteiger partial charge on any atom is 0.259 e. The summed E-state index contributed by atoms with van der Waals surface area (Å²) in [4.78, 5) is 16.3.